The molecular weight excluding hydrogens is 266 g/mol. The summed E-state index contributed by atoms with van der Waals surface area (Å²) in [4.78, 5) is 25.6. The number of fused-ring (bicyclic) bond motifs is 1. The lowest BCUT2D eigenvalue weighted by atomic mass is 10.0. The number of rotatable bonds is 3. The molecule has 5 heteroatoms. The Hall–Kier alpha value is -2.56. The zero-order valence-electron chi connectivity index (χ0n) is 11.7. The summed E-state index contributed by atoms with van der Waals surface area (Å²) in [7, 11) is 0. The van der Waals surface area contributed by atoms with Gasteiger partial charge in [0.25, 0.3) is 5.56 Å². The standard InChI is InChI=1S/C16H17N3O2/c17-13-5-6-14-12(11-13)4-7-16(21)19(14)10-9-18-8-2-1-3-15(18)20/h1-3,5-6,8,11H,4,7,9-10,17H2. The maximum absolute atomic E-state index is 12.2. The summed E-state index contributed by atoms with van der Waals surface area (Å²) < 4.78 is 1.61. The molecule has 2 N–H and O–H groups in total. The Morgan fingerprint density at radius 3 is 2.71 bits per heavy atom. The number of nitrogens with two attached hydrogens (primary N) is 1. The van der Waals surface area contributed by atoms with Crippen molar-refractivity contribution in [1.82, 2.24) is 4.57 Å². The minimum absolute atomic E-state index is 0.0560. The topological polar surface area (TPSA) is 68.3 Å². The predicted molar refractivity (Wildman–Crippen MR) is 82.2 cm³/mol. The van der Waals surface area contributed by atoms with Gasteiger partial charge in [-0.1, -0.05) is 6.07 Å². The summed E-state index contributed by atoms with van der Waals surface area (Å²) in [6.45, 7) is 0.967. The first-order chi connectivity index (χ1) is 10.1. The third-order valence-corrected chi connectivity index (χ3v) is 3.77. The molecular formula is C16H17N3O2. The Morgan fingerprint density at radius 1 is 1.05 bits per heavy atom. The minimum Gasteiger partial charge on any atom is -0.399 e. The fourth-order valence-corrected chi connectivity index (χ4v) is 2.68. The molecule has 2 heterocycles. The van der Waals surface area contributed by atoms with Crippen molar-refractivity contribution in [2.24, 2.45) is 0 Å². The van der Waals surface area contributed by atoms with Crippen LogP contribution in [0.2, 0.25) is 0 Å². The van der Waals surface area contributed by atoms with Crippen LogP contribution in [0.15, 0.2) is 47.4 Å². The fraction of sp³-hybridized carbons (Fsp3) is 0.250. The summed E-state index contributed by atoms with van der Waals surface area (Å²) in [5, 5.41) is 0. The van der Waals surface area contributed by atoms with Crippen LogP contribution < -0.4 is 16.2 Å². The van der Waals surface area contributed by atoms with E-state index < -0.39 is 0 Å². The zero-order valence-corrected chi connectivity index (χ0v) is 11.7. The molecule has 1 aliphatic rings. The van der Waals surface area contributed by atoms with Gasteiger partial charge in [-0.15, -0.1) is 0 Å². The molecule has 0 aliphatic carbocycles. The molecule has 0 bridgehead atoms. The molecule has 0 saturated carbocycles. The number of aromatic nitrogens is 1. The molecule has 108 valence electrons. The predicted octanol–water partition coefficient (Wildman–Crippen LogP) is 1.41. The van der Waals surface area contributed by atoms with Crippen molar-refractivity contribution in [2.75, 3.05) is 17.2 Å². The van der Waals surface area contributed by atoms with Gasteiger partial charge in [-0.2, -0.15) is 0 Å². The third-order valence-electron chi connectivity index (χ3n) is 3.77. The lowest BCUT2D eigenvalue weighted by Gasteiger charge is -2.29. The van der Waals surface area contributed by atoms with Crippen molar-refractivity contribution in [3.05, 3.63) is 58.5 Å². The van der Waals surface area contributed by atoms with Gasteiger partial charge >= 0.3 is 0 Å². The second-order valence-electron chi connectivity index (χ2n) is 5.17. The van der Waals surface area contributed by atoms with Crippen molar-refractivity contribution in [3.8, 4) is 0 Å². The maximum Gasteiger partial charge on any atom is 0.250 e. The number of nitrogens with zero attached hydrogens (tertiary/aromatic N) is 2. The average molecular weight is 283 g/mol. The minimum atomic E-state index is -0.0560. The van der Waals surface area contributed by atoms with Gasteiger partial charge in [0.05, 0.1) is 0 Å². The Morgan fingerprint density at radius 2 is 1.90 bits per heavy atom. The quantitative estimate of drug-likeness (QED) is 0.866. The Bertz CT molecular complexity index is 736. The van der Waals surface area contributed by atoms with Crippen LogP contribution in [-0.2, 0) is 17.8 Å². The van der Waals surface area contributed by atoms with Gasteiger partial charge in [-0.25, -0.2) is 0 Å². The molecule has 0 unspecified atom stereocenters. The first-order valence-electron chi connectivity index (χ1n) is 6.99. The van der Waals surface area contributed by atoms with Crippen LogP contribution in [-0.4, -0.2) is 17.0 Å². The fourth-order valence-electron chi connectivity index (χ4n) is 2.68. The van der Waals surface area contributed by atoms with Crippen molar-refractivity contribution in [3.63, 3.8) is 0 Å². The normalized spacial score (nSPS) is 14.1. The van der Waals surface area contributed by atoms with E-state index >= 15 is 0 Å². The van der Waals surface area contributed by atoms with E-state index in [1.807, 2.05) is 18.2 Å². The number of benzene rings is 1. The van der Waals surface area contributed by atoms with Gasteiger partial charge in [0.1, 0.15) is 0 Å². The van der Waals surface area contributed by atoms with E-state index in [1.54, 1.807) is 27.8 Å². The van der Waals surface area contributed by atoms with Gasteiger partial charge in [0.2, 0.25) is 5.91 Å². The number of pyridine rings is 1. The van der Waals surface area contributed by atoms with Crippen molar-refractivity contribution >= 4 is 17.3 Å². The van der Waals surface area contributed by atoms with Gasteiger partial charge in [-0.05, 0) is 36.2 Å². The van der Waals surface area contributed by atoms with Crippen LogP contribution in [0.3, 0.4) is 0 Å². The van der Waals surface area contributed by atoms with E-state index in [0.29, 0.717) is 25.2 Å². The molecule has 0 saturated heterocycles. The van der Waals surface area contributed by atoms with E-state index in [4.69, 9.17) is 5.73 Å². The summed E-state index contributed by atoms with van der Waals surface area (Å²) in [5.41, 5.74) is 8.45. The number of carbonyl (C=O) groups is 1. The highest BCUT2D eigenvalue weighted by atomic mass is 16.2. The first-order valence-corrected chi connectivity index (χ1v) is 6.99. The summed E-state index contributed by atoms with van der Waals surface area (Å²) in [5.74, 6) is 0.0938. The molecule has 0 fully saturated rings. The van der Waals surface area contributed by atoms with Crippen molar-refractivity contribution < 1.29 is 4.79 Å². The van der Waals surface area contributed by atoms with Crippen LogP contribution in [0.5, 0.6) is 0 Å². The van der Waals surface area contributed by atoms with Crippen LogP contribution in [0.4, 0.5) is 11.4 Å². The molecule has 0 radical (unpaired) electrons. The Labute approximate surface area is 122 Å². The first kappa shape index (κ1) is 13.4. The summed E-state index contributed by atoms with van der Waals surface area (Å²) in [6.07, 6.45) is 2.95. The highest BCUT2D eigenvalue weighted by Crippen LogP contribution is 2.29. The van der Waals surface area contributed by atoms with Crippen LogP contribution >= 0.6 is 0 Å². The van der Waals surface area contributed by atoms with E-state index in [-0.39, 0.29) is 11.5 Å². The summed E-state index contributed by atoms with van der Waals surface area (Å²) >= 11 is 0. The summed E-state index contributed by atoms with van der Waals surface area (Å²) in [6, 6.07) is 10.7. The van der Waals surface area contributed by atoms with E-state index in [9.17, 15) is 9.59 Å². The molecule has 1 aliphatic heterocycles. The molecule has 1 amide bonds. The van der Waals surface area contributed by atoms with Gasteiger partial charge in [-0.3, -0.25) is 9.59 Å². The van der Waals surface area contributed by atoms with Crippen molar-refractivity contribution in [1.29, 1.82) is 0 Å². The van der Waals surface area contributed by atoms with E-state index in [1.165, 1.54) is 6.07 Å². The van der Waals surface area contributed by atoms with E-state index in [0.717, 1.165) is 17.7 Å². The van der Waals surface area contributed by atoms with Gasteiger partial charge in [0.15, 0.2) is 0 Å². The molecule has 1 aromatic carbocycles. The van der Waals surface area contributed by atoms with Crippen LogP contribution in [0, 0.1) is 0 Å². The lowest BCUT2D eigenvalue weighted by molar-refractivity contribution is -0.118. The van der Waals surface area contributed by atoms with Gasteiger partial charge in [0, 0.05) is 43.1 Å². The number of nitrogen functional groups attached to an aromatic ring is 1. The second-order valence-corrected chi connectivity index (χ2v) is 5.17. The smallest absolute Gasteiger partial charge is 0.250 e. The number of amides is 1. The second kappa shape index (κ2) is 5.44. The highest BCUT2D eigenvalue weighted by Gasteiger charge is 2.23. The Kier molecular flexibility index (Phi) is 3.48. The number of hydrogen-bond donors (Lipinski definition) is 1. The van der Waals surface area contributed by atoms with Crippen LogP contribution in [0.1, 0.15) is 12.0 Å². The third kappa shape index (κ3) is 2.67. The SMILES string of the molecule is Nc1ccc2c(c1)CCC(=O)N2CCn1ccccc1=O. The van der Waals surface area contributed by atoms with Crippen LogP contribution in [0.25, 0.3) is 0 Å². The molecule has 0 atom stereocenters. The molecule has 21 heavy (non-hydrogen) atoms. The van der Waals surface area contributed by atoms with E-state index in [2.05, 4.69) is 0 Å². The molecule has 2 aromatic rings. The number of anilines is 2. The van der Waals surface area contributed by atoms with Crippen molar-refractivity contribution in [2.45, 2.75) is 19.4 Å². The van der Waals surface area contributed by atoms with Gasteiger partial charge < -0.3 is 15.2 Å². The zero-order chi connectivity index (χ0) is 14.8. The lowest BCUT2D eigenvalue weighted by Crippen LogP contribution is -2.38. The number of aryl methyl sites for hydroxylation is 1. The molecule has 1 aromatic heterocycles. The average Bonchev–Trinajstić information content (AvgIpc) is 2.48. The molecule has 5 nitrogen and oxygen atoms in total. The number of hydrogen-bond acceptors (Lipinski definition) is 3. The molecule has 3 rings (SSSR count). The largest absolute Gasteiger partial charge is 0.399 e. The molecule has 0 spiro atoms. The highest BCUT2D eigenvalue weighted by molar-refractivity contribution is 5.96. The Balaban J connectivity index is 1.84. The maximum atomic E-state index is 12.2. The monoisotopic (exact) mass is 283 g/mol. The number of carbonyl (C=O) groups excluding carboxylic acids is 1.